The van der Waals surface area contributed by atoms with E-state index in [0.717, 1.165) is 29.2 Å². The van der Waals surface area contributed by atoms with Gasteiger partial charge in [0.05, 0.1) is 10.5 Å². The van der Waals surface area contributed by atoms with Crippen molar-refractivity contribution in [2.24, 2.45) is 0 Å². The number of alkyl halides is 3. The van der Waals surface area contributed by atoms with Gasteiger partial charge in [0.1, 0.15) is 18.3 Å². The fraction of sp³-hybridized carbons (Fsp3) is 0.182. The third-order valence-corrected chi connectivity index (χ3v) is 2.44. The number of hydrogen-bond donors (Lipinski definition) is 0. The number of aromatic nitrogens is 3. The highest BCUT2D eigenvalue weighted by molar-refractivity contribution is 5.90. The molecule has 1 aromatic carbocycles. The lowest BCUT2D eigenvalue weighted by Gasteiger charge is -2.08. The quantitative estimate of drug-likeness (QED) is 0.485. The molecule has 1 aromatic heterocycles. The number of ether oxygens (including phenoxy) is 1. The van der Waals surface area contributed by atoms with E-state index in [9.17, 15) is 28.1 Å². The Balaban J connectivity index is 2.30. The van der Waals surface area contributed by atoms with E-state index in [4.69, 9.17) is 0 Å². The van der Waals surface area contributed by atoms with Crippen LogP contribution < -0.4 is 0 Å². The number of rotatable bonds is 4. The average Bonchev–Trinajstić information content (AvgIpc) is 2.97. The van der Waals surface area contributed by atoms with Crippen molar-refractivity contribution in [2.75, 3.05) is 6.61 Å². The van der Waals surface area contributed by atoms with Gasteiger partial charge in [-0.1, -0.05) is 0 Å². The van der Waals surface area contributed by atoms with E-state index in [1.54, 1.807) is 0 Å². The summed E-state index contributed by atoms with van der Waals surface area (Å²) in [7, 11) is 0. The highest BCUT2D eigenvalue weighted by atomic mass is 19.4. The molecule has 0 fully saturated rings. The maximum absolute atomic E-state index is 12.0. The van der Waals surface area contributed by atoms with E-state index in [1.165, 1.54) is 6.33 Å². The molecular weight excluding hydrogens is 309 g/mol. The van der Waals surface area contributed by atoms with Gasteiger partial charge in [-0.15, -0.1) is 0 Å². The summed E-state index contributed by atoms with van der Waals surface area (Å²) < 4.78 is 41.1. The molecule has 0 saturated heterocycles. The summed E-state index contributed by atoms with van der Waals surface area (Å²) in [6, 6.07) is 3.08. The predicted molar refractivity (Wildman–Crippen MR) is 64.4 cm³/mol. The normalized spacial score (nSPS) is 11.2. The molecule has 0 aliphatic heterocycles. The Morgan fingerprint density at radius 2 is 2.14 bits per heavy atom. The number of benzene rings is 1. The molecule has 0 amide bonds. The zero-order valence-electron chi connectivity index (χ0n) is 10.6. The molecule has 2 aromatic rings. The number of carbonyl (C=O) groups is 1. The number of nitro benzene ring substituents is 1. The van der Waals surface area contributed by atoms with Gasteiger partial charge in [-0.05, 0) is 12.1 Å². The van der Waals surface area contributed by atoms with E-state index in [2.05, 4.69) is 14.8 Å². The van der Waals surface area contributed by atoms with Gasteiger partial charge in [-0.3, -0.25) is 10.1 Å². The summed E-state index contributed by atoms with van der Waals surface area (Å²) in [6.07, 6.45) is -2.33. The smallest absolute Gasteiger partial charge is 0.422 e. The highest BCUT2D eigenvalue weighted by Crippen LogP contribution is 2.24. The molecule has 0 atom stereocenters. The molecule has 11 heteroatoms. The largest absolute Gasteiger partial charge is 0.452 e. The maximum Gasteiger partial charge on any atom is 0.422 e. The first-order valence-corrected chi connectivity index (χ1v) is 5.65. The van der Waals surface area contributed by atoms with Gasteiger partial charge in [0, 0.05) is 6.07 Å². The first kappa shape index (κ1) is 15.4. The molecule has 2 rings (SSSR count). The fourth-order valence-electron chi connectivity index (χ4n) is 1.55. The number of nitrogens with zero attached hydrogens (tertiary/aromatic N) is 4. The molecule has 0 saturated carbocycles. The summed E-state index contributed by atoms with van der Waals surface area (Å²) in [5, 5.41) is 14.7. The van der Waals surface area contributed by atoms with E-state index in [0.29, 0.717) is 0 Å². The zero-order chi connectivity index (χ0) is 16.3. The lowest BCUT2D eigenvalue weighted by molar-refractivity contribution is -0.384. The van der Waals surface area contributed by atoms with Crippen LogP contribution in [0.2, 0.25) is 0 Å². The number of halogens is 3. The van der Waals surface area contributed by atoms with Gasteiger partial charge in [-0.25, -0.2) is 14.5 Å². The van der Waals surface area contributed by atoms with Crippen LogP contribution in [0.5, 0.6) is 0 Å². The van der Waals surface area contributed by atoms with Gasteiger partial charge >= 0.3 is 12.1 Å². The van der Waals surface area contributed by atoms with Crippen molar-refractivity contribution < 1.29 is 27.6 Å². The molecule has 0 N–H and O–H groups in total. The Labute approximate surface area is 120 Å². The standard InChI is InChI=1S/C11H7F3N4O4/c12-11(13,14)4-22-10(19)7-1-2-8(9(3-7)18(20)21)17-6-15-5-16-17/h1-3,5-6H,4H2. The topological polar surface area (TPSA) is 100 Å². The molecule has 0 unspecified atom stereocenters. The Bertz CT molecular complexity index is 700. The minimum absolute atomic E-state index is 0.00914. The summed E-state index contributed by atoms with van der Waals surface area (Å²) in [4.78, 5) is 25.3. The molecule has 0 radical (unpaired) electrons. The van der Waals surface area contributed by atoms with Crippen LogP contribution in [-0.4, -0.2) is 38.4 Å². The summed E-state index contributed by atoms with van der Waals surface area (Å²) in [6.45, 7) is -1.77. The number of carbonyl (C=O) groups excluding carboxylic acids is 1. The van der Waals surface area contributed by atoms with E-state index < -0.39 is 29.4 Å². The summed E-state index contributed by atoms with van der Waals surface area (Å²) in [5.74, 6) is -1.31. The van der Waals surface area contributed by atoms with E-state index in [-0.39, 0.29) is 11.3 Å². The summed E-state index contributed by atoms with van der Waals surface area (Å²) >= 11 is 0. The fourth-order valence-corrected chi connectivity index (χ4v) is 1.55. The van der Waals surface area contributed by atoms with Crippen LogP contribution in [0, 0.1) is 10.1 Å². The van der Waals surface area contributed by atoms with Crippen LogP contribution >= 0.6 is 0 Å². The minimum atomic E-state index is -4.68. The van der Waals surface area contributed by atoms with Crippen molar-refractivity contribution in [1.29, 1.82) is 0 Å². The van der Waals surface area contributed by atoms with Crippen molar-refractivity contribution in [3.63, 3.8) is 0 Å². The van der Waals surface area contributed by atoms with Gasteiger partial charge in [-0.2, -0.15) is 18.3 Å². The van der Waals surface area contributed by atoms with Gasteiger partial charge in [0.15, 0.2) is 6.61 Å². The van der Waals surface area contributed by atoms with Gasteiger partial charge in [0.25, 0.3) is 5.69 Å². The monoisotopic (exact) mass is 316 g/mol. The van der Waals surface area contributed by atoms with Crippen LogP contribution in [-0.2, 0) is 4.74 Å². The Morgan fingerprint density at radius 3 is 2.68 bits per heavy atom. The molecule has 0 aliphatic rings. The van der Waals surface area contributed by atoms with Crippen molar-refractivity contribution in [1.82, 2.24) is 14.8 Å². The van der Waals surface area contributed by atoms with Crippen LogP contribution in [0.1, 0.15) is 10.4 Å². The first-order valence-electron chi connectivity index (χ1n) is 5.65. The molecular formula is C11H7F3N4O4. The average molecular weight is 316 g/mol. The molecule has 0 bridgehead atoms. The van der Waals surface area contributed by atoms with Gasteiger partial charge in [0.2, 0.25) is 0 Å². The van der Waals surface area contributed by atoms with Gasteiger partial charge < -0.3 is 4.74 Å². The van der Waals surface area contributed by atoms with Crippen LogP contribution in [0.3, 0.4) is 0 Å². The van der Waals surface area contributed by atoms with Crippen LogP contribution in [0.15, 0.2) is 30.9 Å². The lowest BCUT2D eigenvalue weighted by Crippen LogP contribution is -2.20. The Hall–Kier alpha value is -2.98. The molecule has 22 heavy (non-hydrogen) atoms. The summed E-state index contributed by atoms with van der Waals surface area (Å²) in [5.41, 5.74) is -0.887. The number of hydrogen-bond acceptors (Lipinski definition) is 6. The number of esters is 1. The van der Waals surface area contributed by atoms with Crippen molar-refractivity contribution in [3.8, 4) is 5.69 Å². The SMILES string of the molecule is O=C(OCC(F)(F)F)c1ccc(-n2cncn2)c([N+](=O)[O-])c1. The molecule has 8 nitrogen and oxygen atoms in total. The molecule has 0 aliphatic carbocycles. The first-order chi connectivity index (χ1) is 10.3. The third-order valence-electron chi connectivity index (χ3n) is 2.44. The predicted octanol–water partition coefficient (Wildman–Crippen LogP) is 1.89. The molecule has 116 valence electrons. The molecule has 1 heterocycles. The zero-order valence-corrected chi connectivity index (χ0v) is 10.6. The second kappa shape index (κ2) is 5.79. The highest BCUT2D eigenvalue weighted by Gasteiger charge is 2.30. The molecule has 0 spiro atoms. The maximum atomic E-state index is 12.0. The second-order valence-corrected chi connectivity index (χ2v) is 3.99. The third kappa shape index (κ3) is 3.56. The van der Waals surface area contributed by atoms with E-state index >= 15 is 0 Å². The minimum Gasteiger partial charge on any atom is -0.452 e. The number of nitro groups is 1. The van der Waals surface area contributed by atoms with Crippen molar-refractivity contribution in [2.45, 2.75) is 6.18 Å². The Kier molecular flexibility index (Phi) is 4.06. The van der Waals surface area contributed by atoms with Crippen LogP contribution in [0.4, 0.5) is 18.9 Å². The Morgan fingerprint density at radius 1 is 1.41 bits per heavy atom. The van der Waals surface area contributed by atoms with Crippen molar-refractivity contribution >= 4 is 11.7 Å². The van der Waals surface area contributed by atoms with Crippen molar-refractivity contribution in [3.05, 3.63) is 46.5 Å². The van der Waals surface area contributed by atoms with Crippen LogP contribution in [0.25, 0.3) is 5.69 Å². The lowest BCUT2D eigenvalue weighted by atomic mass is 10.1. The second-order valence-electron chi connectivity index (χ2n) is 3.99. The van der Waals surface area contributed by atoms with E-state index in [1.807, 2.05) is 0 Å².